The molecule has 2 aliphatic rings. The molecule has 0 unspecified atom stereocenters. The van der Waals surface area contributed by atoms with Crippen molar-refractivity contribution in [1.82, 2.24) is 25.3 Å². The highest BCUT2D eigenvalue weighted by Gasteiger charge is 2.33. The molecule has 2 atom stereocenters. The summed E-state index contributed by atoms with van der Waals surface area (Å²) in [5, 5.41) is 14.1. The van der Waals surface area contributed by atoms with Crippen LogP contribution in [0.4, 0.5) is 0 Å². The monoisotopic (exact) mass is 359 g/mol. The second-order valence-electron chi connectivity index (χ2n) is 7.09. The van der Waals surface area contributed by atoms with Gasteiger partial charge in [0.05, 0.1) is 49.5 Å². The number of nitrogens with one attached hydrogen (secondary N) is 2. The molecule has 1 saturated heterocycles. The minimum atomic E-state index is -0.231. The highest BCUT2D eigenvalue weighted by Crippen LogP contribution is 2.29. The predicted molar refractivity (Wildman–Crippen MR) is 94.2 cm³/mol. The lowest BCUT2D eigenvalue weighted by Gasteiger charge is -2.23. The Kier molecular flexibility index (Phi) is 4.92. The number of aromatic nitrogens is 4. The normalized spacial score (nSPS) is 23.9. The summed E-state index contributed by atoms with van der Waals surface area (Å²) < 4.78 is 13.4. The van der Waals surface area contributed by atoms with Crippen molar-refractivity contribution in [2.24, 2.45) is 0 Å². The molecule has 140 valence electrons. The lowest BCUT2D eigenvalue weighted by Crippen LogP contribution is -2.45. The molecule has 2 aromatic heterocycles. The number of carbonyl (C=O) groups is 1. The Labute approximate surface area is 152 Å². The molecule has 1 aliphatic heterocycles. The smallest absolute Gasteiger partial charge is 0.255 e. The summed E-state index contributed by atoms with van der Waals surface area (Å²) >= 11 is 0. The molecule has 26 heavy (non-hydrogen) atoms. The molecule has 3 heterocycles. The zero-order valence-corrected chi connectivity index (χ0v) is 15.0. The molecule has 0 radical (unpaired) electrons. The van der Waals surface area contributed by atoms with E-state index in [9.17, 15) is 4.79 Å². The SMILES string of the molecule is Cc1c(C(=O)N[C@H]2COC[C@H]2Oc2cn[nH]c2)cnn1C1CCCCC1. The van der Waals surface area contributed by atoms with Crippen LogP contribution in [0.25, 0.3) is 0 Å². The number of hydrogen-bond donors (Lipinski definition) is 2. The van der Waals surface area contributed by atoms with E-state index in [0.717, 1.165) is 18.5 Å². The largest absolute Gasteiger partial charge is 0.482 e. The first kappa shape index (κ1) is 17.1. The van der Waals surface area contributed by atoms with Crippen LogP contribution >= 0.6 is 0 Å². The molecule has 1 aliphatic carbocycles. The third-order valence-corrected chi connectivity index (χ3v) is 5.32. The summed E-state index contributed by atoms with van der Waals surface area (Å²) in [7, 11) is 0. The number of aromatic amines is 1. The molecule has 1 saturated carbocycles. The quantitative estimate of drug-likeness (QED) is 0.851. The van der Waals surface area contributed by atoms with Crippen molar-refractivity contribution >= 4 is 5.91 Å². The van der Waals surface area contributed by atoms with E-state index >= 15 is 0 Å². The van der Waals surface area contributed by atoms with Crippen LogP contribution in [0.3, 0.4) is 0 Å². The topological polar surface area (TPSA) is 94.1 Å². The van der Waals surface area contributed by atoms with Crippen molar-refractivity contribution in [3.05, 3.63) is 29.8 Å². The first-order valence-electron chi connectivity index (χ1n) is 9.30. The number of nitrogens with zero attached hydrogens (tertiary/aromatic N) is 3. The van der Waals surface area contributed by atoms with Gasteiger partial charge >= 0.3 is 0 Å². The number of rotatable bonds is 5. The maximum atomic E-state index is 12.8. The fourth-order valence-electron chi connectivity index (χ4n) is 3.85. The Hall–Kier alpha value is -2.35. The van der Waals surface area contributed by atoms with Gasteiger partial charge in [-0.2, -0.15) is 10.2 Å². The lowest BCUT2D eigenvalue weighted by atomic mass is 9.95. The zero-order chi connectivity index (χ0) is 17.9. The maximum absolute atomic E-state index is 12.8. The molecule has 2 N–H and O–H groups in total. The second-order valence-corrected chi connectivity index (χ2v) is 7.09. The van der Waals surface area contributed by atoms with Gasteiger partial charge in [0.2, 0.25) is 0 Å². The van der Waals surface area contributed by atoms with Gasteiger partial charge in [-0.3, -0.25) is 14.6 Å². The molecular formula is C18H25N5O3. The summed E-state index contributed by atoms with van der Waals surface area (Å²) in [6.45, 7) is 2.85. The summed E-state index contributed by atoms with van der Waals surface area (Å²) in [5.41, 5.74) is 1.56. The standard InChI is InChI=1S/C18H25N5O3/c1-12-15(9-21-23(12)13-5-3-2-4-6-13)18(24)22-16-10-25-11-17(16)26-14-7-19-20-8-14/h7-9,13,16-17H,2-6,10-11H2,1H3,(H,19,20)(H,22,24)/t16-,17+/m0/s1. The molecule has 8 heteroatoms. The number of ether oxygens (including phenoxy) is 2. The van der Waals surface area contributed by atoms with Crippen LogP contribution in [-0.2, 0) is 4.74 Å². The van der Waals surface area contributed by atoms with Gasteiger partial charge in [0.25, 0.3) is 5.91 Å². The first-order chi connectivity index (χ1) is 12.7. The Bertz CT molecular complexity index is 736. The number of H-pyrrole nitrogens is 1. The van der Waals surface area contributed by atoms with Crippen molar-refractivity contribution in [1.29, 1.82) is 0 Å². The van der Waals surface area contributed by atoms with Crippen LogP contribution in [0.1, 0.15) is 54.2 Å². The molecule has 8 nitrogen and oxygen atoms in total. The minimum Gasteiger partial charge on any atom is -0.482 e. The van der Waals surface area contributed by atoms with Gasteiger partial charge in [-0.15, -0.1) is 0 Å². The van der Waals surface area contributed by atoms with E-state index in [4.69, 9.17) is 9.47 Å². The first-order valence-corrected chi connectivity index (χ1v) is 9.30. The third kappa shape index (κ3) is 3.46. The van der Waals surface area contributed by atoms with E-state index in [0.29, 0.717) is 30.6 Å². The second kappa shape index (κ2) is 7.49. The molecular weight excluding hydrogens is 334 g/mol. The summed E-state index contributed by atoms with van der Waals surface area (Å²) in [6.07, 6.45) is 10.8. The van der Waals surface area contributed by atoms with Gasteiger partial charge < -0.3 is 14.8 Å². The Morgan fingerprint density at radius 3 is 2.92 bits per heavy atom. The van der Waals surface area contributed by atoms with Gasteiger partial charge in [0.15, 0.2) is 5.75 Å². The van der Waals surface area contributed by atoms with E-state index in [2.05, 4.69) is 20.6 Å². The Morgan fingerprint density at radius 1 is 1.31 bits per heavy atom. The van der Waals surface area contributed by atoms with E-state index in [1.54, 1.807) is 18.6 Å². The van der Waals surface area contributed by atoms with Crippen LogP contribution in [0.5, 0.6) is 5.75 Å². The third-order valence-electron chi connectivity index (χ3n) is 5.32. The van der Waals surface area contributed by atoms with Gasteiger partial charge in [-0.05, 0) is 19.8 Å². The van der Waals surface area contributed by atoms with E-state index in [-0.39, 0.29) is 18.1 Å². The van der Waals surface area contributed by atoms with E-state index < -0.39 is 0 Å². The molecule has 1 amide bonds. The number of carbonyl (C=O) groups excluding carboxylic acids is 1. The molecule has 4 rings (SSSR count). The van der Waals surface area contributed by atoms with Crippen LogP contribution in [0, 0.1) is 6.92 Å². The van der Waals surface area contributed by atoms with Crippen LogP contribution < -0.4 is 10.1 Å². The van der Waals surface area contributed by atoms with E-state index in [1.165, 1.54) is 19.3 Å². The average molecular weight is 359 g/mol. The summed E-state index contributed by atoms with van der Waals surface area (Å²) in [6, 6.07) is 0.215. The average Bonchev–Trinajstić information content (AvgIpc) is 3.39. The van der Waals surface area contributed by atoms with Crippen molar-refractivity contribution in [3.63, 3.8) is 0 Å². The molecule has 0 spiro atoms. The molecule has 0 bridgehead atoms. The van der Waals surface area contributed by atoms with Crippen LogP contribution in [0.15, 0.2) is 18.6 Å². The molecule has 2 aromatic rings. The van der Waals surface area contributed by atoms with Gasteiger partial charge in [-0.25, -0.2) is 0 Å². The van der Waals surface area contributed by atoms with Gasteiger partial charge in [0.1, 0.15) is 6.10 Å². The van der Waals surface area contributed by atoms with Crippen molar-refractivity contribution in [2.45, 2.75) is 57.2 Å². The van der Waals surface area contributed by atoms with Gasteiger partial charge in [-0.1, -0.05) is 19.3 Å². The van der Waals surface area contributed by atoms with Crippen molar-refractivity contribution < 1.29 is 14.3 Å². The lowest BCUT2D eigenvalue weighted by molar-refractivity contribution is 0.0903. The molecule has 2 fully saturated rings. The number of amides is 1. The fraction of sp³-hybridized carbons (Fsp3) is 0.611. The highest BCUT2D eigenvalue weighted by atomic mass is 16.5. The Morgan fingerprint density at radius 2 is 2.15 bits per heavy atom. The Balaban J connectivity index is 1.42. The van der Waals surface area contributed by atoms with Crippen molar-refractivity contribution in [3.8, 4) is 5.75 Å². The molecule has 0 aromatic carbocycles. The number of hydrogen-bond acceptors (Lipinski definition) is 5. The summed E-state index contributed by atoms with van der Waals surface area (Å²) in [4.78, 5) is 12.8. The van der Waals surface area contributed by atoms with Crippen LogP contribution in [-0.4, -0.2) is 51.2 Å². The van der Waals surface area contributed by atoms with Crippen LogP contribution in [0.2, 0.25) is 0 Å². The fourth-order valence-corrected chi connectivity index (χ4v) is 3.85. The van der Waals surface area contributed by atoms with Gasteiger partial charge in [0, 0.05) is 5.69 Å². The maximum Gasteiger partial charge on any atom is 0.255 e. The zero-order valence-electron chi connectivity index (χ0n) is 15.0. The van der Waals surface area contributed by atoms with E-state index in [1.807, 2.05) is 11.6 Å². The van der Waals surface area contributed by atoms with Crippen molar-refractivity contribution in [2.75, 3.05) is 13.2 Å². The predicted octanol–water partition coefficient (Wildman–Crippen LogP) is 2.00. The minimum absolute atomic E-state index is 0.124. The highest BCUT2D eigenvalue weighted by molar-refractivity contribution is 5.95. The summed E-state index contributed by atoms with van der Waals surface area (Å²) in [5.74, 6) is 0.516.